The second kappa shape index (κ2) is 49.7. The molecule has 0 amide bonds. The molecule has 6 aromatic rings. The standard InChI is InChI=1S/3C38H55F2N5O/c3*1-43-26-32-14-15-33(35(43)27-44(23-6-5-21-41)34-13-7-11-30-12-8-22-42-37(30)34)45(32)24-18-31(28-9-3-2-4-10-28)25-36(46)29-16-19-38(39,40)20-17-29/h3*2-4,8-10,12,22,29,31-35H,5-7,11,13-21,23-27,41H2,1H3/t31-,32+,33-,34?,35+;31-,32+,33-,34?,35-;31-,32-,33+,34?,35-/m110/s1. The molecule has 24 heteroatoms. The van der Waals surface area contributed by atoms with Gasteiger partial charge in [0.1, 0.15) is 17.3 Å². The number of hydrogen-bond donors (Lipinski definition) is 3. The molecular formula is C114H165F6N15O3. The first-order valence-corrected chi connectivity index (χ1v) is 54.4. The third kappa shape index (κ3) is 26.9. The predicted octanol–water partition coefficient (Wildman–Crippen LogP) is 19.8. The molecule has 0 radical (unpaired) electrons. The van der Waals surface area contributed by atoms with Crippen molar-refractivity contribution in [2.45, 2.75) is 358 Å². The van der Waals surface area contributed by atoms with E-state index in [4.69, 9.17) is 32.2 Å². The van der Waals surface area contributed by atoms with Gasteiger partial charge in [0.25, 0.3) is 0 Å². The highest BCUT2D eigenvalue weighted by Gasteiger charge is 2.51. The van der Waals surface area contributed by atoms with Crippen LogP contribution in [0.15, 0.2) is 146 Å². The minimum absolute atomic E-state index is 0.117. The molecule has 9 fully saturated rings. The minimum Gasteiger partial charge on any atom is -0.330 e. The molecule has 6 N–H and O–H groups in total. The van der Waals surface area contributed by atoms with Crippen molar-refractivity contribution in [1.82, 2.24) is 59.1 Å². The topological polar surface area (TPSA) is 197 Å². The van der Waals surface area contributed by atoms with Crippen molar-refractivity contribution in [1.29, 1.82) is 0 Å². The number of carbonyl (C=O) groups excluding carboxylic acids is 3. The van der Waals surface area contributed by atoms with Crippen LogP contribution in [0.25, 0.3) is 0 Å². The highest BCUT2D eigenvalue weighted by Crippen LogP contribution is 2.48. The number of benzene rings is 3. The van der Waals surface area contributed by atoms with Crippen molar-refractivity contribution in [3.63, 3.8) is 0 Å². The van der Waals surface area contributed by atoms with Gasteiger partial charge in [-0.25, -0.2) is 26.3 Å². The van der Waals surface area contributed by atoms with Gasteiger partial charge in [0, 0.05) is 188 Å². The van der Waals surface area contributed by atoms with E-state index in [0.717, 1.165) is 194 Å². The first kappa shape index (κ1) is 104. The van der Waals surface area contributed by atoms with Crippen LogP contribution in [-0.4, -0.2) is 268 Å². The lowest BCUT2D eigenvalue weighted by Crippen LogP contribution is -2.61. The molecule has 6 saturated heterocycles. The molecular weight excluding hydrogens is 1740 g/mol. The summed E-state index contributed by atoms with van der Waals surface area (Å²) in [4.78, 5) is 79.5. The largest absolute Gasteiger partial charge is 0.330 e. The number of likely N-dealkylation sites (tertiary alicyclic amines) is 3. The number of pyridine rings is 3. The molecule has 6 aliphatic heterocycles. The van der Waals surface area contributed by atoms with Gasteiger partial charge in [0.15, 0.2) is 0 Å². The fourth-order valence-electron chi connectivity index (χ4n) is 27.4. The lowest BCUT2D eigenvalue weighted by molar-refractivity contribution is -0.128. The number of likely N-dealkylation sites (N-methyl/N-ethyl adjacent to an activating group) is 3. The van der Waals surface area contributed by atoms with E-state index in [1.807, 2.05) is 36.8 Å². The maximum absolute atomic E-state index is 13.8. The summed E-state index contributed by atoms with van der Waals surface area (Å²) in [6.45, 7) is 14.5. The Hall–Kier alpha value is -6.78. The van der Waals surface area contributed by atoms with Gasteiger partial charge in [-0.15, -0.1) is 0 Å². The molecule has 3 unspecified atom stereocenters. The molecule has 3 saturated carbocycles. The van der Waals surface area contributed by atoms with Gasteiger partial charge in [0.05, 0.1) is 35.2 Å². The van der Waals surface area contributed by atoms with Crippen LogP contribution in [0.1, 0.15) is 317 Å². The molecule has 3 aromatic heterocycles. The van der Waals surface area contributed by atoms with Crippen molar-refractivity contribution in [3.8, 4) is 0 Å². The van der Waals surface area contributed by atoms with E-state index in [9.17, 15) is 40.7 Å². The summed E-state index contributed by atoms with van der Waals surface area (Å²) in [6.07, 6.45) is 35.2. The van der Waals surface area contributed by atoms with Crippen molar-refractivity contribution in [2.24, 2.45) is 35.0 Å². The van der Waals surface area contributed by atoms with Crippen LogP contribution in [0, 0.1) is 17.8 Å². The number of ketones is 3. The summed E-state index contributed by atoms with van der Waals surface area (Å²) in [6, 6.07) is 49.8. The summed E-state index contributed by atoms with van der Waals surface area (Å²) in [5.41, 5.74) is 29.4. The number of aromatic nitrogens is 3. The number of aryl methyl sites for hydroxylation is 3. The zero-order valence-corrected chi connectivity index (χ0v) is 83.5. The number of fused-ring (bicyclic) bond motifs is 9. The molecule has 12 aliphatic rings. The molecule has 3 aromatic carbocycles. The molecule has 0 spiro atoms. The fraction of sp³-hybridized carbons (Fsp3) is 0.684. The van der Waals surface area contributed by atoms with E-state index >= 15 is 0 Å². The van der Waals surface area contributed by atoms with E-state index in [1.165, 1.54) is 108 Å². The third-order valence-electron chi connectivity index (χ3n) is 35.3. The van der Waals surface area contributed by atoms with Gasteiger partial charge >= 0.3 is 0 Å². The van der Waals surface area contributed by atoms with Crippen LogP contribution in [-0.2, 0) is 33.6 Å². The Morgan fingerprint density at radius 3 is 0.884 bits per heavy atom. The number of rotatable bonds is 42. The minimum atomic E-state index is -2.61. The van der Waals surface area contributed by atoms with E-state index in [-0.39, 0.29) is 91.4 Å². The van der Waals surface area contributed by atoms with E-state index in [0.29, 0.717) is 130 Å². The number of unbranched alkanes of at least 4 members (excludes halogenated alkanes) is 3. The quantitative estimate of drug-likeness (QED) is 0.0241. The van der Waals surface area contributed by atoms with Crippen molar-refractivity contribution < 1.29 is 40.7 Å². The molecule has 138 heavy (non-hydrogen) atoms. The monoisotopic (exact) mass is 1910 g/mol. The molecule has 6 aliphatic carbocycles. The van der Waals surface area contributed by atoms with Crippen LogP contribution in [0.3, 0.4) is 0 Å². The Morgan fingerprint density at radius 2 is 0.623 bits per heavy atom. The van der Waals surface area contributed by atoms with Crippen molar-refractivity contribution in [3.05, 3.63) is 196 Å². The highest BCUT2D eigenvalue weighted by atomic mass is 19.3. The lowest BCUT2D eigenvalue weighted by Gasteiger charge is -2.48. The molecule has 18 nitrogen and oxygen atoms in total. The number of piperazine rings is 3. The Kier molecular flexibility index (Phi) is 37.5. The number of nitrogens with zero attached hydrogens (tertiary/aromatic N) is 12. The Bertz CT molecular complexity index is 4260. The average molecular weight is 1910 g/mol. The second-order valence-corrected chi connectivity index (χ2v) is 44.1. The number of alkyl halides is 6. The number of halogens is 6. The average Bonchev–Trinajstić information content (AvgIpc) is 1.60. The van der Waals surface area contributed by atoms with E-state index < -0.39 is 17.8 Å². The van der Waals surface area contributed by atoms with Crippen molar-refractivity contribution in [2.75, 3.05) is 119 Å². The highest BCUT2D eigenvalue weighted by molar-refractivity contribution is 5.83. The Morgan fingerprint density at radius 1 is 0.355 bits per heavy atom. The maximum Gasteiger partial charge on any atom is 0.248 e. The van der Waals surface area contributed by atoms with Gasteiger partial charge in [0.2, 0.25) is 17.8 Å². The van der Waals surface area contributed by atoms with Gasteiger partial charge in [-0.2, -0.15) is 0 Å². The zero-order chi connectivity index (χ0) is 96.3. The van der Waals surface area contributed by atoms with Crippen LogP contribution in [0.5, 0.6) is 0 Å². The van der Waals surface area contributed by atoms with Gasteiger partial charge in [-0.3, -0.25) is 73.4 Å². The summed E-state index contributed by atoms with van der Waals surface area (Å²) >= 11 is 0. The zero-order valence-electron chi connectivity index (χ0n) is 83.5. The number of hydrogen-bond acceptors (Lipinski definition) is 18. The summed E-state index contributed by atoms with van der Waals surface area (Å²) in [7, 11) is 6.95. The van der Waals surface area contributed by atoms with Gasteiger partial charge < -0.3 is 17.2 Å². The molecule has 18 rings (SSSR count). The van der Waals surface area contributed by atoms with Crippen LogP contribution < -0.4 is 17.2 Å². The summed E-state index contributed by atoms with van der Waals surface area (Å²) in [5, 5.41) is 0. The number of nitrogens with two attached hydrogens (primary N) is 3. The molecule has 9 heterocycles. The van der Waals surface area contributed by atoms with Crippen LogP contribution >= 0.6 is 0 Å². The SMILES string of the molecule is CN1C[C@@H]2CC[C@H]([C@@H]1CN(CCCCN)C1CCCc3cccnc31)N2CC[C@@H](CC(=O)C1CCC(F)(F)CC1)c1ccccc1.CN1C[C@@H]2CC[C@H]([C@@H]1CN(CCCCN)C1CCCc3cccnc31)N2CC[C@H](CC(=O)C1CCC(F)(F)CC1)c1ccccc1.CN1C[C@@H]2CC[C@H]([C@H]1CN(CCCCN)C1CCCc3cccnc31)N2CC[C@H](CC(=O)C1CCC(F)(F)CC1)c1ccccc1. The predicted molar refractivity (Wildman–Crippen MR) is 540 cm³/mol. The maximum atomic E-state index is 13.8. The third-order valence-corrected chi connectivity index (χ3v) is 35.3. The Balaban J connectivity index is 0.000000150. The number of carbonyl (C=O) groups is 3. The molecule has 6 bridgehead atoms. The van der Waals surface area contributed by atoms with E-state index in [1.54, 1.807) is 0 Å². The first-order valence-electron chi connectivity index (χ1n) is 54.4. The van der Waals surface area contributed by atoms with Gasteiger partial charge in [-0.1, -0.05) is 109 Å². The summed E-state index contributed by atoms with van der Waals surface area (Å²) in [5.74, 6) is -7.60. The first-order chi connectivity index (χ1) is 67.0. The summed E-state index contributed by atoms with van der Waals surface area (Å²) < 4.78 is 83.0. The fourth-order valence-corrected chi connectivity index (χ4v) is 27.4. The smallest absolute Gasteiger partial charge is 0.248 e. The second-order valence-electron chi connectivity index (χ2n) is 44.1. The number of Topliss-reactive ketones (excluding diaryl/α,β-unsaturated/α-hetero) is 3. The molecule has 756 valence electrons. The molecule has 15 atom stereocenters. The van der Waals surface area contributed by atoms with Gasteiger partial charge in [-0.05, 0) is 342 Å². The van der Waals surface area contributed by atoms with Crippen molar-refractivity contribution >= 4 is 17.3 Å². The Labute approximate surface area is 821 Å². The van der Waals surface area contributed by atoms with E-state index in [2.05, 4.69) is 174 Å². The normalized spacial score (nSPS) is 27.5. The van der Waals surface area contributed by atoms with Crippen LogP contribution in [0.2, 0.25) is 0 Å². The lowest BCUT2D eigenvalue weighted by atomic mass is 9.79. The van der Waals surface area contributed by atoms with Crippen LogP contribution in [0.4, 0.5) is 26.3 Å².